The molecular formula is C23H23NO2. The number of benzene rings is 3. The van der Waals surface area contributed by atoms with Gasteiger partial charge in [0.2, 0.25) is 0 Å². The molecule has 0 saturated carbocycles. The molecule has 0 saturated heterocycles. The second kappa shape index (κ2) is 6.26. The lowest BCUT2D eigenvalue weighted by Crippen LogP contribution is -2.32. The van der Waals surface area contributed by atoms with E-state index in [1.165, 1.54) is 21.5 Å². The minimum Gasteiger partial charge on any atom is -0.622 e. The number of hydrogen-bond donors (Lipinski definition) is 0. The van der Waals surface area contributed by atoms with Gasteiger partial charge in [0.05, 0.1) is 5.41 Å². The van der Waals surface area contributed by atoms with E-state index in [4.69, 9.17) is 4.74 Å². The minimum absolute atomic E-state index is 0.197. The summed E-state index contributed by atoms with van der Waals surface area (Å²) in [6, 6.07) is 19.0. The molecule has 1 aliphatic rings. The fourth-order valence-electron chi connectivity index (χ4n) is 4.06. The zero-order chi connectivity index (χ0) is 18.3. The predicted octanol–water partition coefficient (Wildman–Crippen LogP) is 5.36. The first kappa shape index (κ1) is 16.8. The van der Waals surface area contributed by atoms with Crippen LogP contribution in [0.5, 0.6) is 0 Å². The van der Waals surface area contributed by atoms with Gasteiger partial charge < -0.3 is 9.94 Å². The summed E-state index contributed by atoms with van der Waals surface area (Å²) in [4.78, 5) is 0. The van der Waals surface area contributed by atoms with E-state index in [0.29, 0.717) is 6.42 Å². The van der Waals surface area contributed by atoms with Crippen LogP contribution in [-0.4, -0.2) is 23.8 Å². The number of rotatable bonds is 3. The van der Waals surface area contributed by atoms with Gasteiger partial charge in [-0.3, -0.25) is 0 Å². The molecule has 26 heavy (non-hydrogen) atoms. The normalized spacial score (nSPS) is 19.9. The van der Waals surface area contributed by atoms with Crippen LogP contribution in [-0.2, 0) is 4.74 Å². The summed E-state index contributed by atoms with van der Waals surface area (Å²) in [6.45, 7) is 4.14. The van der Waals surface area contributed by atoms with Gasteiger partial charge >= 0.3 is 0 Å². The van der Waals surface area contributed by atoms with Crippen LogP contribution >= 0.6 is 0 Å². The van der Waals surface area contributed by atoms with Crippen LogP contribution in [0.2, 0.25) is 0 Å². The fourth-order valence-corrected chi connectivity index (χ4v) is 4.06. The lowest BCUT2D eigenvalue weighted by molar-refractivity contribution is -0.561. The van der Waals surface area contributed by atoms with Crippen molar-refractivity contribution in [3.05, 3.63) is 71.4 Å². The second-order valence-electron chi connectivity index (χ2n) is 7.64. The van der Waals surface area contributed by atoms with Gasteiger partial charge in [-0.05, 0) is 39.3 Å². The van der Waals surface area contributed by atoms with Gasteiger partial charge in [-0.1, -0.05) is 62.4 Å². The Labute approximate surface area is 153 Å². The Hall–Kier alpha value is -2.65. The molecule has 1 heterocycles. The quantitative estimate of drug-likeness (QED) is 0.364. The number of allylic oxidation sites excluding steroid dienone is 1. The van der Waals surface area contributed by atoms with E-state index in [1.54, 1.807) is 7.11 Å². The third-order valence-electron chi connectivity index (χ3n) is 5.28. The zero-order valence-corrected chi connectivity index (χ0v) is 15.4. The first-order valence-electron chi connectivity index (χ1n) is 8.95. The molecule has 3 nitrogen and oxygen atoms in total. The maximum atomic E-state index is 12.6. The highest BCUT2D eigenvalue weighted by atomic mass is 16.6. The summed E-state index contributed by atoms with van der Waals surface area (Å²) < 4.78 is 6.44. The van der Waals surface area contributed by atoms with Gasteiger partial charge in [0.25, 0.3) is 6.23 Å². The van der Waals surface area contributed by atoms with E-state index >= 15 is 0 Å². The van der Waals surface area contributed by atoms with Crippen LogP contribution in [0.1, 0.15) is 25.8 Å². The van der Waals surface area contributed by atoms with Crippen LogP contribution in [0.15, 0.2) is 60.7 Å². The highest BCUT2D eigenvalue weighted by Crippen LogP contribution is 2.35. The first-order chi connectivity index (χ1) is 12.5. The molecule has 4 rings (SSSR count). The molecule has 3 aromatic carbocycles. The SMILES string of the molecule is COC1[N+]([O-])=C(/C=C/c2c3ccccc3cc3ccccc23)CC1(C)C. The van der Waals surface area contributed by atoms with Crippen LogP contribution in [0.25, 0.3) is 27.6 Å². The number of fused-ring (bicyclic) bond motifs is 2. The zero-order valence-electron chi connectivity index (χ0n) is 15.4. The molecule has 3 aromatic rings. The largest absolute Gasteiger partial charge is 0.622 e. The van der Waals surface area contributed by atoms with Crippen molar-refractivity contribution in [2.75, 3.05) is 7.11 Å². The molecule has 0 N–H and O–H groups in total. The maximum Gasteiger partial charge on any atom is 0.273 e. The Bertz CT molecular complexity index is 992. The molecule has 0 radical (unpaired) electrons. The molecule has 1 unspecified atom stereocenters. The molecule has 0 spiro atoms. The van der Waals surface area contributed by atoms with E-state index in [2.05, 4.69) is 74.5 Å². The number of methoxy groups -OCH3 is 1. The molecule has 0 amide bonds. The van der Waals surface area contributed by atoms with Crippen molar-refractivity contribution in [2.45, 2.75) is 26.5 Å². The molecule has 0 aromatic heterocycles. The number of hydrogen-bond acceptors (Lipinski definition) is 2. The van der Waals surface area contributed by atoms with Gasteiger partial charge in [0.15, 0.2) is 5.71 Å². The Morgan fingerprint density at radius 1 is 1.00 bits per heavy atom. The number of nitrogens with zero attached hydrogens (tertiary/aromatic N) is 1. The van der Waals surface area contributed by atoms with Crippen molar-refractivity contribution in [1.82, 2.24) is 0 Å². The van der Waals surface area contributed by atoms with Gasteiger partial charge in [-0.25, -0.2) is 0 Å². The van der Waals surface area contributed by atoms with Gasteiger partial charge in [-0.15, -0.1) is 0 Å². The number of ether oxygens (including phenoxy) is 1. The summed E-state index contributed by atoms with van der Waals surface area (Å²) >= 11 is 0. The van der Waals surface area contributed by atoms with Crippen molar-refractivity contribution in [2.24, 2.45) is 5.41 Å². The molecule has 132 valence electrons. The predicted molar refractivity (Wildman–Crippen MR) is 108 cm³/mol. The Balaban J connectivity index is 1.86. The fraction of sp³-hybridized carbons (Fsp3) is 0.261. The lowest BCUT2D eigenvalue weighted by atomic mass is 9.88. The monoisotopic (exact) mass is 345 g/mol. The number of hydroxylamine groups is 1. The maximum absolute atomic E-state index is 12.6. The van der Waals surface area contributed by atoms with Crippen molar-refractivity contribution < 1.29 is 9.48 Å². The molecule has 1 atom stereocenters. The molecule has 0 aliphatic carbocycles. The van der Waals surface area contributed by atoms with E-state index in [9.17, 15) is 5.21 Å². The summed E-state index contributed by atoms with van der Waals surface area (Å²) in [5.74, 6) is 0. The molecule has 3 heteroatoms. The average molecular weight is 345 g/mol. The van der Waals surface area contributed by atoms with Crippen LogP contribution in [0.3, 0.4) is 0 Å². The smallest absolute Gasteiger partial charge is 0.273 e. The topological polar surface area (TPSA) is 35.3 Å². The minimum atomic E-state index is -0.439. The van der Waals surface area contributed by atoms with Gasteiger partial charge in [-0.2, -0.15) is 4.74 Å². The summed E-state index contributed by atoms with van der Waals surface area (Å²) in [5, 5.41) is 17.4. The average Bonchev–Trinajstić information content (AvgIpc) is 2.86. The van der Waals surface area contributed by atoms with Gasteiger partial charge in [0.1, 0.15) is 0 Å². The molecule has 0 bridgehead atoms. The van der Waals surface area contributed by atoms with E-state index < -0.39 is 6.23 Å². The lowest BCUT2D eigenvalue weighted by Gasteiger charge is -2.22. The first-order valence-corrected chi connectivity index (χ1v) is 8.95. The highest BCUT2D eigenvalue weighted by Gasteiger charge is 2.45. The Kier molecular flexibility index (Phi) is 4.04. The van der Waals surface area contributed by atoms with E-state index in [-0.39, 0.29) is 5.41 Å². The van der Waals surface area contributed by atoms with Crippen molar-refractivity contribution >= 4 is 33.3 Å². The van der Waals surface area contributed by atoms with Crippen molar-refractivity contribution in [1.29, 1.82) is 0 Å². The van der Waals surface area contributed by atoms with Crippen LogP contribution in [0, 0.1) is 10.6 Å². The van der Waals surface area contributed by atoms with Crippen LogP contribution < -0.4 is 0 Å². The highest BCUT2D eigenvalue weighted by molar-refractivity contribution is 6.08. The second-order valence-corrected chi connectivity index (χ2v) is 7.64. The van der Waals surface area contributed by atoms with Crippen molar-refractivity contribution in [3.63, 3.8) is 0 Å². The van der Waals surface area contributed by atoms with Gasteiger partial charge in [0, 0.05) is 19.6 Å². The molecule has 0 fully saturated rings. The standard InChI is InChI=1S/C23H23NO2/c1-23(2)15-18(24(25)22(23)26-3)12-13-21-19-10-6-4-8-16(19)14-17-9-5-7-11-20(17)21/h4-14,22H,15H2,1-3H3/b13-12+. The third kappa shape index (κ3) is 2.69. The Morgan fingerprint density at radius 2 is 1.58 bits per heavy atom. The van der Waals surface area contributed by atoms with E-state index in [0.717, 1.165) is 16.0 Å². The van der Waals surface area contributed by atoms with Crippen molar-refractivity contribution in [3.8, 4) is 0 Å². The molecule has 1 aliphatic heterocycles. The summed E-state index contributed by atoms with van der Waals surface area (Å²) in [6.07, 6.45) is 4.31. The third-order valence-corrected chi connectivity index (χ3v) is 5.28. The summed E-state index contributed by atoms with van der Waals surface area (Å²) in [5.41, 5.74) is 1.72. The Morgan fingerprint density at radius 3 is 2.12 bits per heavy atom. The van der Waals surface area contributed by atoms with Crippen LogP contribution in [0.4, 0.5) is 0 Å². The van der Waals surface area contributed by atoms with E-state index in [1.807, 2.05) is 6.08 Å². The summed E-state index contributed by atoms with van der Waals surface area (Å²) in [7, 11) is 1.60. The molecular weight excluding hydrogens is 322 g/mol.